The maximum Gasteiger partial charge on any atom is 0.223 e. The lowest BCUT2D eigenvalue weighted by molar-refractivity contribution is -0.129. The molecule has 0 aromatic rings. The van der Waals surface area contributed by atoms with Crippen LogP contribution >= 0.6 is 0 Å². The third-order valence-electron chi connectivity index (χ3n) is 1.80. The molecule has 0 spiro atoms. The molecule has 13 heavy (non-hydrogen) atoms. The summed E-state index contributed by atoms with van der Waals surface area (Å²) in [7, 11) is 1.72. The summed E-state index contributed by atoms with van der Waals surface area (Å²) in [5.74, 6) is 2.52. The van der Waals surface area contributed by atoms with E-state index in [4.69, 9.17) is 12.2 Å². The van der Waals surface area contributed by atoms with Crippen molar-refractivity contribution in [1.29, 1.82) is 0 Å². The van der Waals surface area contributed by atoms with Crippen LogP contribution in [0.1, 0.15) is 26.2 Å². The van der Waals surface area contributed by atoms with Gasteiger partial charge in [-0.15, -0.1) is 6.42 Å². The Labute approximate surface area is 80.3 Å². The van der Waals surface area contributed by atoms with Crippen LogP contribution in [0, 0.1) is 12.3 Å². The molecule has 0 radical (unpaired) electrons. The van der Waals surface area contributed by atoms with Gasteiger partial charge in [-0.1, -0.05) is 5.92 Å². The van der Waals surface area contributed by atoms with Gasteiger partial charge >= 0.3 is 0 Å². The molecule has 0 aliphatic heterocycles. The van der Waals surface area contributed by atoms with E-state index >= 15 is 0 Å². The summed E-state index contributed by atoms with van der Waals surface area (Å²) < 4.78 is 0. The highest BCUT2D eigenvalue weighted by Crippen LogP contribution is 2.00. The number of carbonyl (C=O) groups excluding carboxylic acids is 1. The van der Waals surface area contributed by atoms with Crippen LogP contribution in [0.25, 0.3) is 0 Å². The van der Waals surface area contributed by atoms with E-state index in [1.165, 1.54) is 0 Å². The van der Waals surface area contributed by atoms with Gasteiger partial charge in [0.05, 0.1) is 6.54 Å². The molecule has 2 N–H and O–H groups in total. The smallest absolute Gasteiger partial charge is 0.223 e. The summed E-state index contributed by atoms with van der Waals surface area (Å²) in [6.07, 6.45) is 7.34. The van der Waals surface area contributed by atoms with Gasteiger partial charge in [0.25, 0.3) is 0 Å². The molecule has 1 atom stereocenters. The molecule has 74 valence electrons. The van der Waals surface area contributed by atoms with Crippen molar-refractivity contribution >= 4 is 5.91 Å². The first kappa shape index (κ1) is 12.0. The number of hydrogen-bond donors (Lipinski definition) is 1. The molecule has 3 heteroatoms. The van der Waals surface area contributed by atoms with Crippen LogP contribution in [0.15, 0.2) is 0 Å². The first-order valence-electron chi connectivity index (χ1n) is 4.51. The van der Waals surface area contributed by atoms with Crippen LogP contribution in [0.2, 0.25) is 0 Å². The average Bonchev–Trinajstić information content (AvgIpc) is 2.04. The maximum absolute atomic E-state index is 11.3. The van der Waals surface area contributed by atoms with E-state index in [1.54, 1.807) is 11.9 Å². The van der Waals surface area contributed by atoms with Crippen LogP contribution < -0.4 is 5.73 Å². The summed E-state index contributed by atoms with van der Waals surface area (Å²) in [5, 5.41) is 0. The second-order valence-electron chi connectivity index (χ2n) is 3.32. The van der Waals surface area contributed by atoms with Gasteiger partial charge in [-0.3, -0.25) is 4.79 Å². The van der Waals surface area contributed by atoms with Gasteiger partial charge in [-0.25, -0.2) is 0 Å². The average molecular weight is 182 g/mol. The molecule has 0 aliphatic carbocycles. The van der Waals surface area contributed by atoms with Crippen molar-refractivity contribution < 1.29 is 4.79 Å². The molecule has 0 aromatic heterocycles. The van der Waals surface area contributed by atoms with E-state index < -0.39 is 0 Å². The zero-order valence-electron chi connectivity index (χ0n) is 8.42. The lowest BCUT2D eigenvalue weighted by atomic mass is 10.1. The molecule has 0 aliphatic rings. The van der Waals surface area contributed by atoms with Crippen LogP contribution in [0.5, 0.6) is 0 Å². The van der Waals surface area contributed by atoms with Crippen molar-refractivity contribution in [2.24, 2.45) is 5.73 Å². The number of rotatable bonds is 5. The fraction of sp³-hybridized carbons (Fsp3) is 0.700. The minimum absolute atomic E-state index is 0.0959. The third kappa shape index (κ3) is 6.18. The third-order valence-corrected chi connectivity index (χ3v) is 1.80. The van der Waals surface area contributed by atoms with E-state index in [0.717, 1.165) is 12.8 Å². The Morgan fingerprint density at radius 3 is 2.77 bits per heavy atom. The van der Waals surface area contributed by atoms with E-state index in [-0.39, 0.29) is 11.9 Å². The van der Waals surface area contributed by atoms with Gasteiger partial charge in [0.15, 0.2) is 0 Å². The van der Waals surface area contributed by atoms with Gasteiger partial charge in [0, 0.05) is 19.5 Å². The summed E-state index contributed by atoms with van der Waals surface area (Å²) in [6.45, 7) is 2.33. The summed E-state index contributed by atoms with van der Waals surface area (Å²) in [6, 6.07) is 0.172. The van der Waals surface area contributed by atoms with E-state index in [0.29, 0.717) is 13.0 Å². The lowest BCUT2D eigenvalue weighted by Gasteiger charge is -2.13. The van der Waals surface area contributed by atoms with Crippen LogP contribution in [-0.2, 0) is 4.79 Å². The zero-order chi connectivity index (χ0) is 10.3. The molecule has 1 unspecified atom stereocenters. The van der Waals surface area contributed by atoms with Crippen molar-refractivity contribution in [3.05, 3.63) is 0 Å². The highest BCUT2D eigenvalue weighted by Gasteiger charge is 2.06. The Bertz CT molecular complexity index is 194. The van der Waals surface area contributed by atoms with Gasteiger partial charge in [-0.05, 0) is 19.8 Å². The normalized spacial score (nSPS) is 11.8. The number of terminal acetylenes is 1. The number of hydrogen-bond acceptors (Lipinski definition) is 2. The summed E-state index contributed by atoms with van der Waals surface area (Å²) in [4.78, 5) is 12.9. The quantitative estimate of drug-likeness (QED) is 0.633. The molecule has 0 heterocycles. The molecule has 0 aromatic carbocycles. The minimum Gasteiger partial charge on any atom is -0.335 e. The van der Waals surface area contributed by atoms with Gasteiger partial charge in [0.1, 0.15) is 0 Å². The zero-order valence-corrected chi connectivity index (χ0v) is 8.42. The summed E-state index contributed by atoms with van der Waals surface area (Å²) in [5.41, 5.74) is 5.56. The fourth-order valence-electron chi connectivity index (χ4n) is 0.991. The first-order chi connectivity index (χ1) is 6.07. The number of nitrogens with two attached hydrogens (primary N) is 1. The van der Waals surface area contributed by atoms with Crippen molar-refractivity contribution in [1.82, 2.24) is 4.90 Å². The van der Waals surface area contributed by atoms with Crippen LogP contribution in [0.4, 0.5) is 0 Å². The Morgan fingerprint density at radius 2 is 2.31 bits per heavy atom. The standard InChI is InChI=1S/C10H18N2O/c1-4-8-12(3)10(13)7-5-6-9(2)11/h1,9H,5-8,11H2,2-3H3. The van der Waals surface area contributed by atoms with E-state index in [9.17, 15) is 4.79 Å². The number of amides is 1. The molecule has 3 nitrogen and oxygen atoms in total. The highest BCUT2D eigenvalue weighted by molar-refractivity contribution is 5.76. The number of carbonyl (C=O) groups is 1. The SMILES string of the molecule is C#CCN(C)C(=O)CCCC(C)N. The fourth-order valence-corrected chi connectivity index (χ4v) is 0.991. The monoisotopic (exact) mass is 182 g/mol. The van der Waals surface area contributed by atoms with Gasteiger partial charge in [0.2, 0.25) is 5.91 Å². The van der Waals surface area contributed by atoms with Gasteiger partial charge in [-0.2, -0.15) is 0 Å². The highest BCUT2D eigenvalue weighted by atomic mass is 16.2. The van der Waals surface area contributed by atoms with Crippen LogP contribution in [-0.4, -0.2) is 30.4 Å². The predicted octanol–water partition coefficient (Wildman–Crippen LogP) is 0.596. The second-order valence-corrected chi connectivity index (χ2v) is 3.32. The van der Waals surface area contributed by atoms with Gasteiger partial charge < -0.3 is 10.6 Å². The summed E-state index contributed by atoms with van der Waals surface area (Å²) >= 11 is 0. The molecular weight excluding hydrogens is 164 g/mol. The molecule has 0 bridgehead atoms. The Balaban J connectivity index is 3.57. The Morgan fingerprint density at radius 1 is 1.69 bits per heavy atom. The van der Waals surface area contributed by atoms with Crippen molar-refractivity contribution in [2.45, 2.75) is 32.2 Å². The molecule has 0 saturated carbocycles. The topological polar surface area (TPSA) is 46.3 Å². The predicted molar refractivity (Wildman–Crippen MR) is 54.0 cm³/mol. The Hall–Kier alpha value is -1.01. The minimum atomic E-state index is 0.0959. The molecule has 1 amide bonds. The van der Waals surface area contributed by atoms with Crippen LogP contribution in [0.3, 0.4) is 0 Å². The maximum atomic E-state index is 11.3. The molecule has 0 fully saturated rings. The first-order valence-corrected chi connectivity index (χ1v) is 4.51. The van der Waals surface area contributed by atoms with E-state index in [2.05, 4.69) is 5.92 Å². The van der Waals surface area contributed by atoms with Crippen molar-refractivity contribution in [3.8, 4) is 12.3 Å². The molecule has 0 rings (SSSR count). The Kier molecular flexibility index (Phi) is 5.99. The number of nitrogens with zero attached hydrogens (tertiary/aromatic N) is 1. The van der Waals surface area contributed by atoms with Crippen molar-refractivity contribution in [2.75, 3.05) is 13.6 Å². The van der Waals surface area contributed by atoms with E-state index in [1.807, 2.05) is 6.92 Å². The molecule has 0 saturated heterocycles. The lowest BCUT2D eigenvalue weighted by Crippen LogP contribution is -2.27. The molecular formula is C10H18N2O. The van der Waals surface area contributed by atoms with Crippen molar-refractivity contribution in [3.63, 3.8) is 0 Å². The largest absolute Gasteiger partial charge is 0.335 e. The second kappa shape index (κ2) is 6.50.